The normalized spacial score (nSPS) is 16.2. The van der Waals surface area contributed by atoms with Crippen molar-refractivity contribution in [3.05, 3.63) is 65.5 Å². The molecule has 0 saturated carbocycles. The summed E-state index contributed by atoms with van der Waals surface area (Å²) in [7, 11) is 1.64. The number of carbonyl (C=O) groups excluding carboxylic acids is 1. The van der Waals surface area contributed by atoms with Gasteiger partial charge in [0.15, 0.2) is 0 Å². The fraction of sp³-hybridized carbons (Fsp3) is 0.375. The van der Waals surface area contributed by atoms with Crippen LogP contribution in [-0.4, -0.2) is 41.3 Å². The van der Waals surface area contributed by atoms with Gasteiger partial charge >= 0.3 is 6.03 Å². The second kappa shape index (κ2) is 9.64. The van der Waals surface area contributed by atoms with Gasteiger partial charge in [0.2, 0.25) is 11.7 Å². The number of piperidine rings is 1. The summed E-state index contributed by atoms with van der Waals surface area (Å²) in [5.74, 6) is 2.37. The van der Waals surface area contributed by atoms with Crippen molar-refractivity contribution in [2.24, 2.45) is 5.92 Å². The summed E-state index contributed by atoms with van der Waals surface area (Å²) in [6.07, 6.45) is 2.70. The van der Waals surface area contributed by atoms with Gasteiger partial charge in [-0.3, -0.25) is 0 Å². The molecule has 31 heavy (non-hydrogen) atoms. The minimum atomic E-state index is -0.0355. The highest BCUT2D eigenvalue weighted by atomic mass is 16.5. The van der Waals surface area contributed by atoms with Crippen LogP contribution < -0.4 is 10.1 Å². The maximum absolute atomic E-state index is 12.7. The quantitative estimate of drug-likeness (QED) is 0.646. The van der Waals surface area contributed by atoms with Crippen molar-refractivity contribution in [3.8, 4) is 17.1 Å². The first kappa shape index (κ1) is 20.9. The topological polar surface area (TPSA) is 80.5 Å². The van der Waals surface area contributed by atoms with Gasteiger partial charge in [-0.1, -0.05) is 41.6 Å². The Kier molecular flexibility index (Phi) is 6.50. The number of rotatable bonds is 6. The summed E-state index contributed by atoms with van der Waals surface area (Å²) in [6, 6.07) is 15.7. The first-order valence-electron chi connectivity index (χ1n) is 10.7. The zero-order chi connectivity index (χ0) is 21.6. The average Bonchev–Trinajstić information content (AvgIpc) is 3.26. The second-order valence-electron chi connectivity index (χ2n) is 7.99. The van der Waals surface area contributed by atoms with Crippen LogP contribution in [0.4, 0.5) is 4.79 Å². The highest BCUT2D eigenvalue weighted by molar-refractivity contribution is 5.74. The number of hydrogen-bond acceptors (Lipinski definition) is 5. The molecule has 3 aromatic rings. The fourth-order valence-corrected chi connectivity index (χ4v) is 3.97. The lowest BCUT2D eigenvalue weighted by molar-refractivity contribution is 0.161. The van der Waals surface area contributed by atoms with Crippen LogP contribution in [0.15, 0.2) is 53.1 Å². The average molecular weight is 421 g/mol. The summed E-state index contributed by atoms with van der Waals surface area (Å²) in [6.45, 7) is 3.99. The van der Waals surface area contributed by atoms with E-state index in [9.17, 15) is 4.79 Å². The van der Waals surface area contributed by atoms with Crippen molar-refractivity contribution in [2.45, 2.75) is 32.7 Å². The zero-order valence-electron chi connectivity index (χ0n) is 18.0. The van der Waals surface area contributed by atoms with Crippen LogP contribution in [0.5, 0.6) is 5.75 Å². The van der Waals surface area contributed by atoms with Crippen molar-refractivity contribution in [3.63, 3.8) is 0 Å². The van der Waals surface area contributed by atoms with Crippen LogP contribution in [-0.2, 0) is 13.0 Å². The molecule has 1 aliphatic rings. The van der Waals surface area contributed by atoms with E-state index in [4.69, 9.17) is 9.26 Å². The molecule has 2 heterocycles. The summed E-state index contributed by atoms with van der Waals surface area (Å²) in [5.41, 5.74) is 3.14. The number of nitrogens with one attached hydrogen (secondary N) is 1. The van der Waals surface area contributed by atoms with Gasteiger partial charge in [0.1, 0.15) is 5.75 Å². The molecule has 1 atom stereocenters. The molecule has 1 aromatic heterocycles. The van der Waals surface area contributed by atoms with Crippen molar-refractivity contribution >= 4 is 6.03 Å². The molecule has 1 fully saturated rings. The van der Waals surface area contributed by atoms with Gasteiger partial charge in [-0.15, -0.1) is 0 Å². The third-order valence-electron chi connectivity index (χ3n) is 5.73. The Balaban J connectivity index is 1.31. The molecular formula is C24H28N4O3. The number of methoxy groups -OCH3 is 1. The smallest absolute Gasteiger partial charge is 0.317 e. The van der Waals surface area contributed by atoms with Gasteiger partial charge in [0.25, 0.3) is 0 Å². The molecule has 2 amide bonds. The molecule has 7 heteroatoms. The molecule has 4 rings (SSSR count). The van der Waals surface area contributed by atoms with Crippen molar-refractivity contribution in [1.29, 1.82) is 0 Å². The third-order valence-corrected chi connectivity index (χ3v) is 5.73. The maximum Gasteiger partial charge on any atom is 0.317 e. The molecule has 0 spiro atoms. The van der Waals surface area contributed by atoms with E-state index < -0.39 is 0 Å². The van der Waals surface area contributed by atoms with Crippen LogP contribution in [0.25, 0.3) is 11.4 Å². The van der Waals surface area contributed by atoms with Gasteiger partial charge < -0.3 is 19.5 Å². The van der Waals surface area contributed by atoms with Crippen LogP contribution in [0.2, 0.25) is 0 Å². The Morgan fingerprint density at radius 2 is 2.03 bits per heavy atom. The van der Waals surface area contributed by atoms with Gasteiger partial charge in [0.05, 0.1) is 7.11 Å². The lowest BCUT2D eigenvalue weighted by atomic mass is 9.95. The Morgan fingerprint density at radius 1 is 1.23 bits per heavy atom. The van der Waals surface area contributed by atoms with E-state index in [0.29, 0.717) is 37.1 Å². The zero-order valence-corrected chi connectivity index (χ0v) is 18.0. The second-order valence-corrected chi connectivity index (χ2v) is 7.99. The molecule has 1 N–H and O–H groups in total. The number of nitrogens with zero attached hydrogens (tertiary/aromatic N) is 3. The molecule has 162 valence electrons. The first-order chi connectivity index (χ1) is 15.1. The van der Waals surface area contributed by atoms with Crippen LogP contribution in [0.3, 0.4) is 0 Å². The minimum absolute atomic E-state index is 0.0355. The number of hydrogen-bond donors (Lipinski definition) is 1. The number of urea groups is 1. The number of aryl methyl sites for hydroxylation is 1. The number of amides is 2. The van der Waals surface area contributed by atoms with E-state index in [2.05, 4.69) is 15.5 Å². The number of benzene rings is 2. The predicted octanol–water partition coefficient (Wildman–Crippen LogP) is 4.22. The lowest BCUT2D eigenvalue weighted by Crippen LogP contribution is -2.45. The van der Waals surface area contributed by atoms with Crippen molar-refractivity contribution in [1.82, 2.24) is 20.4 Å². The summed E-state index contributed by atoms with van der Waals surface area (Å²) >= 11 is 0. The summed E-state index contributed by atoms with van der Waals surface area (Å²) < 4.78 is 10.7. The molecule has 1 unspecified atom stereocenters. The Morgan fingerprint density at radius 3 is 2.81 bits per heavy atom. The van der Waals surface area contributed by atoms with Crippen molar-refractivity contribution < 1.29 is 14.1 Å². The van der Waals surface area contributed by atoms with Crippen LogP contribution in [0, 0.1) is 12.8 Å². The van der Waals surface area contributed by atoms with Crippen molar-refractivity contribution in [2.75, 3.05) is 20.2 Å². The number of ether oxygens (including phenoxy) is 1. The largest absolute Gasteiger partial charge is 0.497 e. The van der Waals surface area contributed by atoms with E-state index in [1.165, 1.54) is 0 Å². The predicted molar refractivity (Wildman–Crippen MR) is 118 cm³/mol. The summed E-state index contributed by atoms with van der Waals surface area (Å²) in [5, 5.41) is 7.17. The van der Waals surface area contributed by atoms with E-state index in [0.717, 1.165) is 41.8 Å². The summed E-state index contributed by atoms with van der Waals surface area (Å²) in [4.78, 5) is 19.1. The van der Waals surface area contributed by atoms with Crippen LogP contribution >= 0.6 is 0 Å². The van der Waals surface area contributed by atoms with E-state index in [1.54, 1.807) is 7.11 Å². The SMILES string of the molecule is COc1ccc(CNC(=O)N2CCCC(Cc3nc(-c4ccccc4C)no3)C2)cc1. The lowest BCUT2D eigenvalue weighted by Gasteiger charge is -2.32. The van der Waals surface area contributed by atoms with Gasteiger partial charge in [-0.25, -0.2) is 4.79 Å². The van der Waals surface area contributed by atoms with Crippen LogP contribution in [0.1, 0.15) is 29.9 Å². The molecule has 1 saturated heterocycles. The maximum atomic E-state index is 12.7. The molecule has 0 aliphatic carbocycles. The molecule has 7 nitrogen and oxygen atoms in total. The Labute approximate surface area is 182 Å². The third kappa shape index (κ3) is 5.23. The van der Waals surface area contributed by atoms with Gasteiger partial charge in [-0.2, -0.15) is 4.98 Å². The molecule has 2 aromatic carbocycles. The monoisotopic (exact) mass is 420 g/mol. The minimum Gasteiger partial charge on any atom is -0.497 e. The molecule has 0 radical (unpaired) electrons. The fourth-order valence-electron chi connectivity index (χ4n) is 3.97. The van der Waals surface area contributed by atoms with Gasteiger partial charge in [-0.05, 0) is 48.9 Å². The van der Waals surface area contributed by atoms with E-state index >= 15 is 0 Å². The molecule has 0 bridgehead atoms. The van der Waals surface area contributed by atoms with E-state index in [1.807, 2.05) is 60.4 Å². The number of likely N-dealkylation sites (tertiary alicyclic amines) is 1. The highest BCUT2D eigenvalue weighted by Gasteiger charge is 2.25. The molecule has 1 aliphatic heterocycles. The highest BCUT2D eigenvalue weighted by Crippen LogP contribution is 2.24. The Hall–Kier alpha value is -3.35. The Bertz CT molecular complexity index is 1020. The number of aromatic nitrogens is 2. The number of carbonyl (C=O) groups is 1. The van der Waals surface area contributed by atoms with E-state index in [-0.39, 0.29) is 6.03 Å². The standard InChI is InChI=1S/C24H28N4O3/c1-17-6-3-4-8-21(17)23-26-22(31-27-23)14-19-7-5-13-28(16-19)24(29)25-15-18-9-11-20(30-2)12-10-18/h3-4,6,8-12,19H,5,7,13-16H2,1-2H3,(H,25,29). The van der Waals surface area contributed by atoms with Gasteiger partial charge in [0, 0.05) is 31.6 Å². The first-order valence-corrected chi connectivity index (χ1v) is 10.7. The molecular weight excluding hydrogens is 392 g/mol.